The molecule has 0 bridgehead atoms. The molecule has 0 radical (unpaired) electrons. The number of allylic oxidation sites excluding steroid dienone is 1. The van der Waals surface area contributed by atoms with Crippen molar-refractivity contribution in [1.29, 1.82) is 0 Å². The van der Waals surface area contributed by atoms with Crippen LogP contribution in [0.15, 0.2) is 199 Å². The third-order valence-electron chi connectivity index (χ3n) is 13.8. The van der Waals surface area contributed by atoms with Crippen molar-refractivity contribution in [2.75, 3.05) is 0 Å². The monoisotopic (exact) mass is 796 g/mol. The molecular formula is C60H48N2. The maximum Gasteiger partial charge on any atom is 0.0677 e. The van der Waals surface area contributed by atoms with Gasteiger partial charge in [0.15, 0.2) is 0 Å². The van der Waals surface area contributed by atoms with Crippen LogP contribution in [0, 0.1) is 0 Å². The molecule has 0 unspecified atom stereocenters. The fourth-order valence-corrected chi connectivity index (χ4v) is 10.6. The molecule has 0 saturated carbocycles. The molecular weight excluding hydrogens is 749 g/mol. The summed E-state index contributed by atoms with van der Waals surface area (Å²) in [5.74, 6) is 0. The lowest BCUT2D eigenvalue weighted by molar-refractivity contribution is 0.660. The van der Waals surface area contributed by atoms with Crippen molar-refractivity contribution in [1.82, 2.24) is 0 Å². The Labute approximate surface area is 364 Å². The number of nitrogens with two attached hydrogens (primary N) is 1. The van der Waals surface area contributed by atoms with E-state index in [-0.39, 0.29) is 10.8 Å². The number of rotatable bonds is 7. The van der Waals surface area contributed by atoms with Crippen molar-refractivity contribution in [2.45, 2.75) is 45.1 Å². The molecule has 0 aromatic heterocycles. The summed E-state index contributed by atoms with van der Waals surface area (Å²) in [6.45, 7) is 9.93. The summed E-state index contributed by atoms with van der Waals surface area (Å²) in [6, 6.07) is 68.4. The first-order valence-corrected chi connectivity index (χ1v) is 21.8. The molecule has 298 valence electrons. The zero-order chi connectivity index (χ0) is 42.2. The van der Waals surface area contributed by atoms with Crippen molar-refractivity contribution in [3.63, 3.8) is 0 Å². The predicted molar refractivity (Wildman–Crippen MR) is 263 cm³/mol. The third-order valence-corrected chi connectivity index (χ3v) is 13.8. The third kappa shape index (κ3) is 5.97. The van der Waals surface area contributed by atoms with Crippen LogP contribution in [0.4, 0.5) is 0 Å². The largest absolute Gasteiger partial charge is 0.398 e. The van der Waals surface area contributed by atoms with E-state index < -0.39 is 0 Å². The minimum absolute atomic E-state index is 0.0682. The lowest BCUT2D eigenvalue weighted by Crippen LogP contribution is -2.15. The fraction of sp³-hybridized carbons (Fsp3) is 0.117. The molecule has 0 saturated heterocycles. The van der Waals surface area contributed by atoms with E-state index >= 15 is 0 Å². The Balaban J connectivity index is 0.961. The van der Waals surface area contributed by atoms with Crippen LogP contribution in [0.1, 0.15) is 66.6 Å². The minimum atomic E-state index is -0.119. The molecule has 0 fully saturated rings. The number of hydrogen-bond acceptors (Lipinski definition) is 2. The van der Waals surface area contributed by atoms with Gasteiger partial charge in [-0.1, -0.05) is 210 Å². The standard InChI is InChI=1S/C60H48N2/c1-59(2)52-23-13-12-21-49(52)57-50(22-14-24-54(57)59)56(62-37-38-15-6-5-7-16-38)36-55(61)47-33-32-43(45-19-10-11-20-46(45)47)41-27-25-39(26-28-41)42-30-34-53-51(35-42)48-31-29-40-17-8-9-18-44(40)58(48)60(53,3)4/h5-36H,37,61H2,1-4H3/b55-36-,62-56?. The summed E-state index contributed by atoms with van der Waals surface area (Å²) < 4.78 is 0. The van der Waals surface area contributed by atoms with E-state index in [1.54, 1.807) is 0 Å². The van der Waals surface area contributed by atoms with Crippen LogP contribution in [0.25, 0.3) is 71.7 Å². The SMILES string of the molecule is CC1(C)c2ccccc2-c2c(C(/C=C(\N)c3ccc(-c4ccc(-c5ccc6c(c5)-c5ccc7ccccc7c5C6(C)C)cc4)c4ccccc34)=NCc3ccccc3)cccc21. The van der Waals surface area contributed by atoms with Crippen molar-refractivity contribution < 1.29 is 0 Å². The van der Waals surface area contributed by atoms with Gasteiger partial charge in [-0.05, 0) is 106 Å². The average molecular weight is 797 g/mol. The lowest BCUT2D eigenvalue weighted by Gasteiger charge is -2.23. The van der Waals surface area contributed by atoms with Gasteiger partial charge in [0.2, 0.25) is 0 Å². The molecule has 2 nitrogen and oxygen atoms in total. The number of hydrogen-bond donors (Lipinski definition) is 1. The first kappa shape index (κ1) is 37.7. The Morgan fingerprint density at radius 3 is 1.94 bits per heavy atom. The van der Waals surface area contributed by atoms with Gasteiger partial charge in [0.05, 0.1) is 12.3 Å². The minimum Gasteiger partial charge on any atom is -0.398 e. The van der Waals surface area contributed by atoms with E-state index in [0.29, 0.717) is 12.2 Å². The molecule has 0 spiro atoms. The lowest BCUT2D eigenvalue weighted by atomic mass is 9.80. The molecule has 0 amide bonds. The highest BCUT2D eigenvalue weighted by molar-refractivity contribution is 6.17. The average Bonchev–Trinajstić information content (AvgIpc) is 3.69. The molecule has 0 aliphatic heterocycles. The molecule has 9 aromatic rings. The summed E-state index contributed by atoms with van der Waals surface area (Å²) >= 11 is 0. The van der Waals surface area contributed by atoms with Gasteiger partial charge >= 0.3 is 0 Å². The number of benzene rings is 9. The van der Waals surface area contributed by atoms with Gasteiger partial charge in [-0.2, -0.15) is 0 Å². The van der Waals surface area contributed by atoms with Crippen molar-refractivity contribution >= 4 is 33.0 Å². The summed E-state index contributed by atoms with van der Waals surface area (Å²) in [4.78, 5) is 5.32. The van der Waals surface area contributed by atoms with Crippen LogP contribution in [0.2, 0.25) is 0 Å². The van der Waals surface area contributed by atoms with Gasteiger partial charge in [0, 0.05) is 27.7 Å². The van der Waals surface area contributed by atoms with E-state index in [2.05, 4.69) is 216 Å². The van der Waals surface area contributed by atoms with Crippen LogP contribution >= 0.6 is 0 Å². The maximum absolute atomic E-state index is 7.23. The number of aliphatic imine (C=N–C) groups is 1. The Morgan fingerprint density at radius 2 is 1.11 bits per heavy atom. The van der Waals surface area contributed by atoms with Crippen molar-refractivity contribution in [3.05, 3.63) is 233 Å². The fourth-order valence-electron chi connectivity index (χ4n) is 10.6. The van der Waals surface area contributed by atoms with E-state index in [0.717, 1.165) is 33.2 Å². The van der Waals surface area contributed by atoms with Gasteiger partial charge < -0.3 is 5.73 Å². The van der Waals surface area contributed by atoms with E-state index in [1.165, 1.54) is 77.5 Å². The first-order chi connectivity index (χ1) is 30.2. The zero-order valence-electron chi connectivity index (χ0n) is 35.7. The molecule has 2 heteroatoms. The summed E-state index contributed by atoms with van der Waals surface area (Å²) in [6.07, 6.45) is 2.10. The number of fused-ring (bicyclic) bond motifs is 9. The van der Waals surface area contributed by atoms with Crippen LogP contribution in [-0.2, 0) is 17.4 Å². The van der Waals surface area contributed by atoms with Crippen LogP contribution < -0.4 is 5.73 Å². The molecule has 11 rings (SSSR count). The van der Waals surface area contributed by atoms with Gasteiger partial charge in [-0.3, -0.25) is 4.99 Å². The molecule has 0 heterocycles. The summed E-state index contributed by atoms with van der Waals surface area (Å²) in [5, 5.41) is 4.92. The van der Waals surface area contributed by atoms with Crippen molar-refractivity contribution in [3.8, 4) is 44.5 Å². The van der Waals surface area contributed by atoms with Gasteiger partial charge in [0.1, 0.15) is 0 Å². The van der Waals surface area contributed by atoms with Crippen molar-refractivity contribution in [2.24, 2.45) is 10.7 Å². The second-order valence-electron chi connectivity index (χ2n) is 18.1. The van der Waals surface area contributed by atoms with E-state index in [9.17, 15) is 0 Å². The molecule has 0 atom stereocenters. The second kappa shape index (κ2) is 14.4. The molecule has 62 heavy (non-hydrogen) atoms. The van der Waals surface area contributed by atoms with E-state index in [4.69, 9.17) is 10.7 Å². The zero-order valence-corrected chi connectivity index (χ0v) is 35.7. The summed E-state index contributed by atoms with van der Waals surface area (Å²) in [7, 11) is 0. The van der Waals surface area contributed by atoms with Gasteiger partial charge in [-0.15, -0.1) is 0 Å². The highest BCUT2D eigenvalue weighted by Gasteiger charge is 2.38. The van der Waals surface area contributed by atoms with Crippen LogP contribution in [0.5, 0.6) is 0 Å². The Bertz CT molecular complexity index is 3310. The smallest absolute Gasteiger partial charge is 0.0677 e. The first-order valence-electron chi connectivity index (χ1n) is 21.8. The molecule has 2 aliphatic carbocycles. The molecule has 2 aliphatic rings. The van der Waals surface area contributed by atoms with Crippen LogP contribution in [0.3, 0.4) is 0 Å². The Morgan fingerprint density at radius 1 is 0.468 bits per heavy atom. The maximum atomic E-state index is 7.23. The van der Waals surface area contributed by atoms with Gasteiger partial charge in [0.25, 0.3) is 0 Å². The topological polar surface area (TPSA) is 38.4 Å². The second-order valence-corrected chi connectivity index (χ2v) is 18.1. The van der Waals surface area contributed by atoms with Crippen LogP contribution in [-0.4, -0.2) is 5.71 Å². The Hall–Kier alpha value is -7.29. The normalized spacial score (nSPS) is 14.7. The Kier molecular flexibility index (Phi) is 8.77. The summed E-state index contributed by atoms with van der Waals surface area (Å²) in [5.41, 5.74) is 27.3. The highest BCUT2D eigenvalue weighted by Crippen LogP contribution is 2.53. The quantitative estimate of drug-likeness (QED) is 0.160. The van der Waals surface area contributed by atoms with E-state index in [1.807, 2.05) is 6.07 Å². The predicted octanol–water partition coefficient (Wildman–Crippen LogP) is 14.9. The highest BCUT2D eigenvalue weighted by atomic mass is 14.7. The van der Waals surface area contributed by atoms with Gasteiger partial charge in [-0.25, -0.2) is 0 Å². The molecule has 2 N–H and O–H groups in total. The number of nitrogens with zero attached hydrogens (tertiary/aromatic N) is 1. The molecule has 9 aromatic carbocycles.